The second-order valence-corrected chi connectivity index (χ2v) is 7.83. The number of ether oxygens (including phenoxy) is 1. The molecule has 0 bridgehead atoms. The summed E-state index contributed by atoms with van der Waals surface area (Å²) in [6.07, 6.45) is 0. The molecule has 2 aromatic carbocycles. The third kappa shape index (κ3) is 5.50. The first kappa shape index (κ1) is 23.8. The van der Waals surface area contributed by atoms with E-state index in [1.54, 1.807) is 24.3 Å². The van der Waals surface area contributed by atoms with E-state index in [2.05, 4.69) is 10.3 Å². The van der Waals surface area contributed by atoms with Crippen LogP contribution >= 0.6 is 11.8 Å². The Morgan fingerprint density at radius 2 is 1.73 bits per heavy atom. The van der Waals surface area contributed by atoms with Gasteiger partial charge in [0.05, 0.1) is 18.6 Å². The maximum Gasteiger partial charge on any atom is 0.333 e. The first-order valence-corrected chi connectivity index (χ1v) is 10.6. The number of aliphatic imine (C=N–C) groups is 1. The Labute approximate surface area is 192 Å². The molecule has 1 heterocycles. The highest BCUT2D eigenvalue weighted by molar-refractivity contribution is 8.15. The summed E-state index contributed by atoms with van der Waals surface area (Å²) < 4.78 is 20.1. The van der Waals surface area contributed by atoms with Crippen LogP contribution in [0.4, 0.5) is 15.8 Å². The molecule has 0 unspecified atom stereocenters. The van der Waals surface area contributed by atoms with Gasteiger partial charge in [-0.15, -0.1) is 0 Å². The van der Waals surface area contributed by atoms with Gasteiger partial charge in [0.15, 0.2) is 0 Å². The number of nitrogens with one attached hydrogen (secondary N) is 1. The van der Waals surface area contributed by atoms with Gasteiger partial charge in [0, 0.05) is 19.8 Å². The number of rotatable bonds is 6. The molecule has 1 aromatic heterocycles. The van der Waals surface area contributed by atoms with Crippen LogP contribution in [0.3, 0.4) is 0 Å². The summed E-state index contributed by atoms with van der Waals surface area (Å²) in [4.78, 5) is 41.7. The normalized spacial score (nSPS) is 11.3. The van der Waals surface area contributed by atoms with Gasteiger partial charge in [-0.3, -0.25) is 18.7 Å². The molecule has 11 heteroatoms. The average Bonchev–Trinajstić information content (AvgIpc) is 2.81. The van der Waals surface area contributed by atoms with Crippen molar-refractivity contribution in [3.05, 3.63) is 80.7 Å². The minimum absolute atomic E-state index is 0.000175. The summed E-state index contributed by atoms with van der Waals surface area (Å²) in [7, 11) is 4.10. The molecule has 0 spiro atoms. The van der Waals surface area contributed by atoms with Crippen molar-refractivity contribution in [3.63, 3.8) is 0 Å². The molecule has 172 valence electrons. The Hall–Kier alpha value is -3.86. The molecule has 0 atom stereocenters. The molecule has 2 N–H and O–H groups in total. The van der Waals surface area contributed by atoms with Gasteiger partial charge in [-0.1, -0.05) is 11.8 Å². The fourth-order valence-electron chi connectivity index (χ4n) is 2.82. The molecule has 9 nitrogen and oxygen atoms in total. The van der Waals surface area contributed by atoms with Gasteiger partial charge in [0.1, 0.15) is 22.2 Å². The van der Waals surface area contributed by atoms with Crippen molar-refractivity contribution in [3.8, 4) is 11.6 Å². The number of carbonyl (C=O) groups is 1. The molecule has 33 heavy (non-hydrogen) atoms. The second kappa shape index (κ2) is 10.2. The van der Waals surface area contributed by atoms with E-state index in [4.69, 9.17) is 4.74 Å². The van der Waals surface area contributed by atoms with E-state index in [0.29, 0.717) is 17.1 Å². The van der Waals surface area contributed by atoms with Crippen molar-refractivity contribution in [2.45, 2.75) is 0 Å². The largest absolute Gasteiger partial charge is 0.497 e. The molecule has 3 rings (SSSR count). The predicted molar refractivity (Wildman–Crippen MR) is 125 cm³/mol. The Morgan fingerprint density at radius 1 is 1.09 bits per heavy atom. The number of hydrogen-bond acceptors (Lipinski definition) is 7. The van der Waals surface area contributed by atoms with Crippen LogP contribution in [0.25, 0.3) is 0 Å². The van der Waals surface area contributed by atoms with Crippen LogP contribution < -0.4 is 21.3 Å². The van der Waals surface area contributed by atoms with Crippen molar-refractivity contribution in [1.29, 1.82) is 0 Å². The van der Waals surface area contributed by atoms with Gasteiger partial charge in [-0.2, -0.15) is 0 Å². The Kier molecular flexibility index (Phi) is 7.34. The zero-order valence-electron chi connectivity index (χ0n) is 18.0. The summed E-state index contributed by atoms with van der Waals surface area (Å²) in [5.74, 6) is -0.970. The molecule has 0 aliphatic carbocycles. The van der Waals surface area contributed by atoms with Crippen molar-refractivity contribution in [2.75, 3.05) is 18.2 Å². The number of benzene rings is 2. The van der Waals surface area contributed by atoms with Crippen LogP contribution in [0.15, 0.2) is 63.1 Å². The smallest absolute Gasteiger partial charge is 0.333 e. The molecular weight excluding hydrogens is 451 g/mol. The second-order valence-electron chi connectivity index (χ2n) is 6.86. The molecule has 0 aliphatic heterocycles. The van der Waals surface area contributed by atoms with Gasteiger partial charge >= 0.3 is 5.69 Å². The highest BCUT2D eigenvalue weighted by atomic mass is 32.2. The quantitative estimate of drug-likeness (QED) is 0.421. The predicted octanol–water partition coefficient (Wildman–Crippen LogP) is 2.39. The number of aromatic nitrogens is 2. The Balaban J connectivity index is 1.93. The minimum Gasteiger partial charge on any atom is -0.497 e. The lowest BCUT2D eigenvalue weighted by Crippen LogP contribution is -2.39. The highest BCUT2D eigenvalue weighted by Gasteiger charge is 2.22. The van der Waals surface area contributed by atoms with Gasteiger partial charge in [0.25, 0.3) is 5.56 Å². The van der Waals surface area contributed by atoms with E-state index in [-0.39, 0.29) is 16.4 Å². The number of methoxy groups -OCH3 is 1. The molecule has 0 saturated heterocycles. The van der Waals surface area contributed by atoms with E-state index in [0.717, 1.165) is 20.9 Å². The van der Waals surface area contributed by atoms with E-state index in [1.165, 1.54) is 45.5 Å². The van der Waals surface area contributed by atoms with Gasteiger partial charge in [-0.05, 0) is 48.5 Å². The first-order valence-electron chi connectivity index (χ1n) is 9.61. The number of anilines is 1. The summed E-state index contributed by atoms with van der Waals surface area (Å²) in [6, 6.07) is 11.9. The van der Waals surface area contributed by atoms with E-state index in [9.17, 15) is 23.9 Å². The fourth-order valence-corrected chi connectivity index (χ4v) is 3.65. The number of carbonyl (C=O) groups excluding carboxylic acids is 1. The summed E-state index contributed by atoms with van der Waals surface area (Å²) >= 11 is 0.891. The fraction of sp³-hybridized carbons (Fsp3) is 0.182. The standard InChI is InChI=1S/C22H21FN4O5S/c1-26-20(29)18(21(30)27(2)22(26)31)19(25-15-6-4-13(23)5-7-15)33-12-17(28)24-14-8-10-16(32-3)11-9-14/h4-11,29H,12H2,1-3H3,(H,24,28). The van der Waals surface area contributed by atoms with Gasteiger partial charge in [-0.25, -0.2) is 14.2 Å². The molecule has 1 amide bonds. The van der Waals surface area contributed by atoms with Crippen molar-refractivity contribution in [2.24, 2.45) is 19.1 Å². The third-order valence-corrected chi connectivity index (χ3v) is 5.59. The molecule has 3 aromatic rings. The number of amides is 1. The van der Waals surface area contributed by atoms with Crippen molar-refractivity contribution < 1.29 is 19.0 Å². The van der Waals surface area contributed by atoms with Crippen LogP contribution in [-0.2, 0) is 18.9 Å². The van der Waals surface area contributed by atoms with Crippen molar-refractivity contribution in [1.82, 2.24) is 9.13 Å². The maximum atomic E-state index is 13.3. The number of halogens is 1. The topological polar surface area (TPSA) is 115 Å². The van der Waals surface area contributed by atoms with Crippen molar-refractivity contribution >= 4 is 34.1 Å². The zero-order chi connectivity index (χ0) is 24.1. The molecule has 0 saturated carbocycles. The molecule has 0 radical (unpaired) electrons. The first-order chi connectivity index (χ1) is 15.7. The van der Waals surface area contributed by atoms with Crippen LogP contribution in [0, 0.1) is 5.82 Å². The van der Waals surface area contributed by atoms with Gasteiger partial charge in [0.2, 0.25) is 11.8 Å². The van der Waals surface area contributed by atoms with Crippen LogP contribution in [-0.4, -0.2) is 38.1 Å². The van der Waals surface area contributed by atoms with E-state index in [1.807, 2.05) is 0 Å². The Bertz CT molecular complexity index is 1310. The zero-order valence-corrected chi connectivity index (χ0v) is 18.9. The minimum atomic E-state index is -0.778. The number of aromatic hydroxyl groups is 1. The number of hydrogen-bond donors (Lipinski definition) is 2. The highest BCUT2D eigenvalue weighted by Crippen LogP contribution is 2.24. The summed E-state index contributed by atoms with van der Waals surface area (Å²) in [5, 5.41) is 13.2. The number of thioether (sulfide) groups is 1. The lowest BCUT2D eigenvalue weighted by atomic mass is 10.3. The summed E-state index contributed by atoms with van der Waals surface area (Å²) in [6.45, 7) is 0. The maximum absolute atomic E-state index is 13.3. The van der Waals surface area contributed by atoms with Crippen LogP contribution in [0.5, 0.6) is 11.6 Å². The average molecular weight is 472 g/mol. The Morgan fingerprint density at radius 3 is 2.33 bits per heavy atom. The van der Waals surface area contributed by atoms with E-state index >= 15 is 0 Å². The summed E-state index contributed by atoms with van der Waals surface area (Å²) in [5.41, 5.74) is -0.903. The third-order valence-electron chi connectivity index (χ3n) is 4.62. The SMILES string of the molecule is COc1ccc(NC(=O)CSC(=Nc2ccc(F)cc2)c2c(O)n(C)c(=O)n(C)c2=O)cc1. The molecular formula is C22H21FN4O5S. The lowest BCUT2D eigenvalue weighted by molar-refractivity contribution is -0.113. The van der Waals surface area contributed by atoms with Crippen LogP contribution in [0.2, 0.25) is 0 Å². The van der Waals surface area contributed by atoms with Crippen LogP contribution in [0.1, 0.15) is 5.56 Å². The number of nitrogens with zero attached hydrogens (tertiary/aromatic N) is 3. The van der Waals surface area contributed by atoms with Gasteiger partial charge < -0.3 is 15.2 Å². The monoisotopic (exact) mass is 472 g/mol. The molecule has 0 fully saturated rings. The molecule has 0 aliphatic rings. The lowest BCUT2D eigenvalue weighted by Gasteiger charge is -2.12. The van der Waals surface area contributed by atoms with E-state index < -0.39 is 28.9 Å².